The Kier molecular flexibility index (Phi) is 4.95. The molecule has 6 nitrogen and oxygen atoms in total. The minimum Gasteiger partial charge on any atom is -0.350 e. The summed E-state index contributed by atoms with van der Waals surface area (Å²) in [6, 6.07) is 16.4. The summed E-state index contributed by atoms with van der Waals surface area (Å²) in [6.07, 6.45) is 2.90. The van der Waals surface area contributed by atoms with E-state index in [0.29, 0.717) is 23.0 Å². The van der Waals surface area contributed by atoms with Gasteiger partial charge in [-0.25, -0.2) is 0 Å². The number of hydrogen-bond acceptors (Lipinski definition) is 3. The number of nitrogens with one attached hydrogen (secondary N) is 1. The minimum atomic E-state index is -0.310. The van der Waals surface area contributed by atoms with E-state index in [2.05, 4.69) is 40.0 Å². The van der Waals surface area contributed by atoms with Crippen LogP contribution >= 0.6 is 12.4 Å². The zero-order valence-corrected chi connectivity index (χ0v) is 20.6. The maximum atomic E-state index is 13.4. The monoisotopic (exact) mass is 486 g/mol. The summed E-state index contributed by atoms with van der Waals surface area (Å²) in [7, 11) is 4.17. The molecular formula is C28H27ClN4O2. The molecule has 7 rings (SSSR count). The first-order valence-electron chi connectivity index (χ1n) is 11.9. The lowest BCUT2D eigenvalue weighted by Gasteiger charge is -2.28. The fourth-order valence-electron chi connectivity index (χ4n) is 6.64. The Labute approximate surface area is 209 Å². The molecule has 2 atom stereocenters. The normalized spacial score (nSPS) is 22.0. The molecule has 2 aromatic heterocycles. The van der Waals surface area contributed by atoms with Crippen molar-refractivity contribution in [2.45, 2.75) is 13.0 Å². The van der Waals surface area contributed by atoms with E-state index in [0.717, 1.165) is 59.0 Å². The standard InChI is InChI=1S/C28H26N4O2.ClH/c1-30-12-16-11-23-24(19-8-4-6-10-22(19)32(23)14-17(16)13-30)26-25(27(33)29-28(26)34)20-15-31(2)21-9-5-3-7-18(20)21;/h3-10,15-17H,11-14H2,1-2H3,(H,29,33,34);1H/t16-,17+;/m0./s1. The summed E-state index contributed by atoms with van der Waals surface area (Å²) in [5, 5.41) is 4.67. The van der Waals surface area contributed by atoms with Gasteiger partial charge in [-0.2, -0.15) is 0 Å². The van der Waals surface area contributed by atoms with Gasteiger partial charge in [-0.05, 0) is 37.4 Å². The van der Waals surface area contributed by atoms with Gasteiger partial charge in [0.05, 0.1) is 11.1 Å². The van der Waals surface area contributed by atoms with Crippen LogP contribution in [0.15, 0.2) is 54.7 Å². The second-order valence-corrected chi connectivity index (χ2v) is 10.1. The second kappa shape index (κ2) is 7.83. The van der Waals surface area contributed by atoms with Crippen molar-refractivity contribution >= 4 is 57.2 Å². The largest absolute Gasteiger partial charge is 0.350 e. The number of benzene rings is 2. The Bertz CT molecular complexity index is 1580. The second-order valence-electron chi connectivity index (χ2n) is 10.1. The van der Waals surface area contributed by atoms with Gasteiger partial charge in [-0.15, -0.1) is 12.4 Å². The third-order valence-electron chi connectivity index (χ3n) is 8.06. The van der Waals surface area contributed by atoms with E-state index >= 15 is 0 Å². The van der Waals surface area contributed by atoms with E-state index in [-0.39, 0.29) is 24.2 Å². The molecule has 1 fully saturated rings. The smallest absolute Gasteiger partial charge is 0.259 e. The summed E-state index contributed by atoms with van der Waals surface area (Å²) in [5.74, 6) is 0.585. The van der Waals surface area contributed by atoms with Crippen LogP contribution in [0.1, 0.15) is 16.8 Å². The quantitative estimate of drug-likeness (QED) is 0.438. The SMILES string of the molecule is CN1C[C@@H]2Cn3c(c(C4=C(c5cn(C)c6ccccc56)C(=O)NC4=O)c4ccccc43)C[C@H]2C1.Cl. The van der Waals surface area contributed by atoms with Crippen LogP contribution in [0.4, 0.5) is 0 Å². The zero-order chi connectivity index (χ0) is 23.1. The lowest BCUT2D eigenvalue weighted by atomic mass is 9.85. The molecule has 3 aliphatic heterocycles. The van der Waals surface area contributed by atoms with E-state index in [4.69, 9.17) is 0 Å². The number of nitrogens with zero attached hydrogens (tertiary/aromatic N) is 3. The molecule has 0 bridgehead atoms. The number of aromatic nitrogens is 2. The number of carbonyl (C=O) groups excluding carboxylic acids is 2. The number of imide groups is 1. The molecule has 1 N–H and O–H groups in total. The highest BCUT2D eigenvalue weighted by Gasteiger charge is 2.41. The van der Waals surface area contributed by atoms with Crippen LogP contribution in [0.2, 0.25) is 0 Å². The number of hydrogen-bond donors (Lipinski definition) is 1. The van der Waals surface area contributed by atoms with Gasteiger partial charge in [-0.1, -0.05) is 36.4 Å². The summed E-state index contributed by atoms with van der Waals surface area (Å²) in [6.45, 7) is 3.14. The lowest BCUT2D eigenvalue weighted by Crippen LogP contribution is -2.28. The number of likely N-dealkylation sites (tertiary alicyclic amines) is 1. The van der Waals surface area contributed by atoms with Crippen LogP contribution in [-0.2, 0) is 29.6 Å². The van der Waals surface area contributed by atoms with E-state index in [1.54, 1.807) is 0 Å². The van der Waals surface area contributed by atoms with E-state index < -0.39 is 0 Å². The molecule has 0 saturated carbocycles. The number of halogens is 1. The number of aryl methyl sites for hydroxylation is 1. The summed E-state index contributed by atoms with van der Waals surface area (Å²) in [4.78, 5) is 29.1. The third-order valence-corrected chi connectivity index (χ3v) is 8.06. The molecule has 0 aliphatic carbocycles. The Morgan fingerprint density at radius 3 is 2.26 bits per heavy atom. The minimum absolute atomic E-state index is 0. The molecule has 0 spiro atoms. The van der Waals surface area contributed by atoms with Crippen molar-refractivity contribution < 1.29 is 9.59 Å². The third kappa shape index (κ3) is 3.06. The van der Waals surface area contributed by atoms with Gasteiger partial charge in [0.2, 0.25) is 0 Å². The summed E-state index contributed by atoms with van der Waals surface area (Å²) in [5.41, 5.74) is 6.15. The number of rotatable bonds is 2. The molecular weight excluding hydrogens is 460 g/mol. The first-order chi connectivity index (χ1) is 16.5. The first-order valence-corrected chi connectivity index (χ1v) is 11.9. The van der Waals surface area contributed by atoms with Crippen molar-refractivity contribution in [3.63, 3.8) is 0 Å². The van der Waals surface area contributed by atoms with Gasteiger partial charge in [0.25, 0.3) is 11.8 Å². The Morgan fingerprint density at radius 2 is 1.46 bits per heavy atom. The van der Waals surface area contributed by atoms with Crippen LogP contribution < -0.4 is 5.32 Å². The average molecular weight is 487 g/mol. The Morgan fingerprint density at radius 1 is 0.800 bits per heavy atom. The molecule has 2 amide bonds. The Balaban J connectivity index is 0.00000229. The number of fused-ring (bicyclic) bond motifs is 5. The number of amides is 2. The molecule has 35 heavy (non-hydrogen) atoms. The Hall–Kier alpha value is -3.35. The zero-order valence-electron chi connectivity index (χ0n) is 19.7. The summed E-state index contributed by atoms with van der Waals surface area (Å²) < 4.78 is 4.44. The summed E-state index contributed by atoms with van der Waals surface area (Å²) >= 11 is 0. The van der Waals surface area contributed by atoms with Crippen LogP contribution in [0.3, 0.4) is 0 Å². The van der Waals surface area contributed by atoms with Gasteiger partial charge in [0, 0.05) is 71.5 Å². The maximum Gasteiger partial charge on any atom is 0.259 e. The van der Waals surface area contributed by atoms with Crippen molar-refractivity contribution in [2.24, 2.45) is 18.9 Å². The fraction of sp³-hybridized carbons (Fsp3) is 0.286. The number of para-hydroxylation sites is 2. The molecule has 2 aromatic carbocycles. The predicted molar refractivity (Wildman–Crippen MR) is 140 cm³/mol. The molecule has 0 radical (unpaired) electrons. The van der Waals surface area contributed by atoms with Gasteiger partial charge < -0.3 is 14.0 Å². The molecule has 4 aromatic rings. The van der Waals surface area contributed by atoms with Crippen molar-refractivity contribution in [3.05, 3.63) is 71.5 Å². The molecule has 178 valence electrons. The van der Waals surface area contributed by atoms with Crippen molar-refractivity contribution in [1.29, 1.82) is 0 Å². The van der Waals surface area contributed by atoms with Crippen molar-refractivity contribution in [2.75, 3.05) is 20.1 Å². The highest BCUT2D eigenvalue weighted by Crippen LogP contribution is 2.44. The fourth-order valence-corrected chi connectivity index (χ4v) is 6.64. The maximum absolute atomic E-state index is 13.4. The topological polar surface area (TPSA) is 59.3 Å². The molecule has 1 saturated heterocycles. The lowest BCUT2D eigenvalue weighted by molar-refractivity contribution is -0.122. The van der Waals surface area contributed by atoms with Crippen LogP contribution in [0, 0.1) is 11.8 Å². The van der Waals surface area contributed by atoms with Crippen molar-refractivity contribution in [1.82, 2.24) is 19.4 Å². The highest BCUT2D eigenvalue weighted by atomic mass is 35.5. The first kappa shape index (κ1) is 22.1. The molecule has 0 unspecified atom stereocenters. The van der Waals surface area contributed by atoms with Gasteiger partial charge in [-0.3, -0.25) is 14.9 Å². The van der Waals surface area contributed by atoms with Gasteiger partial charge >= 0.3 is 0 Å². The van der Waals surface area contributed by atoms with Crippen LogP contribution in [0.25, 0.3) is 33.0 Å². The molecule has 5 heterocycles. The predicted octanol–water partition coefficient (Wildman–Crippen LogP) is 3.86. The van der Waals surface area contributed by atoms with Crippen molar-refractivity contribution in [3.8, 4) is 0 Å². The van der Waals surface area contributed by atoms with Crippen LogP contribution in [-0.4, -0.2) is 46.0 Å². The number of carbonyl (C=O) groups is 2. The average Bonchev–Trinajstić information content (AvgIpc) is 3.53. The highest BCUT2D eigenvalue weighted by molar-refractivity contribution is 6.51. The van der Waals surface area contributed by atoms with E-state index in [9.17, 15) is 9.59 Å². The van der Waals surface area contributed by atoms with E-state index in [1.165, 1.54) is 5.69 Å². The molecule has 7 heteroatoms. The van der Waals surface area contributed by atoms with Gasteiger partial charge in [0.15, 0.2) is 0 Å². The molecule has 3 aliphatic rings. The van der Waals surface area contributed by atoms with Gasteiger partial charge in [0.1, 0.15) is 0 Å². The van der Waals surface area contributed by atoms with E-state index in [1.807, 2.05) is 48.1 Å². The van der Waals surface area contributed by atoms with Crippen LogP contribution in [0.5, 0.6) is 0 Å².